The minimum absolute atomic E-state index is 0.833. The summed E-state index contributed by atoms with van der Waals surface area (Å²) in [7, 11) is 0. The van der Waals surface area contributed by atoms with E-state index in [1.807, 2.05) is 85.7 Å². The zero-order chi connectivity index (χ0) is 39.3. The maximum atomic E-state index is 3.78. The van der Waals surface area contributed by atoms with Crippen LogP contribution in [0.1, 0.15) is 138 Å². The van der Waals surface area contributed by atoms with Gasteiger partial charge in [0.25, 0.3) is 0 Å². The van der Waals surface area contributed by atoms with Gasteiger partial charge in [-0.25, -0.2) is 9.97 Å². The van der Waals surface area contributed by atoms with Crippen LogP contribution in [0.5, 0.6) is 0 Å². The van der Waals surface area contributed by atoms with Crippen molar-refractivity contribution in [2.75, 3.05) is 0 Å². The van der Waals surface area contributed by atoms with Crippen molar-refractivity contribution in [1.29, 1.82) is 0 Å². The van der Waals surface area contributed by atoms with Gasteiger partial charge in [0.1, 0.15) is 6.33 Å². The number of rotatable bonds is 0. The van der Waals surface area contributed by atoms with Gasteiger partial charge in [0.2, 0.25) is 0 Å². The van der Waals surface area contributed by atoms with Crippen molar-refractivity contribution in [3.05, 3.63) is 105 Å². The Balaban J connectivity index is -0.0000000621. The van der Waals surface area contributed by atoms with Crippen LogP contribution in [0, 0.1) is 23.7 Å². The molecule has 0 saturated heterocycles. The van der Waals surface area contributed by atoms with Crippen molar-refractivity contribution in [2.24, 2.45) is 23.7 Å². The third-order valence-electron chi connectivity index (χ3n) is 2.00. The molecule has 4 aromatic heterocycles. The molecule has 0 bridgehead atoms. The second-order valence-corrected chi connectivity index (χ2v) is 10.7. The first kappa shape index (κ1) is 63.1. The molecule has 0 unspecified atom stereocenters. The molecule has 0 spiro atoms. The molecule has 7 heteroatoms. The van der Waals surface area contributed by atoms with Gasteiger partial charge in [-0.2, -0.15) is 10.2 Å². The molecule has 48 heavy (non-hydrogen) atoms. The largest absolute Gasteiger partial charge is 0.265 e. The monoisotopic (exact) mass is 672 g/mol. The van der Waals surface area contributed by atoms with Gasteiger partial charge in [-0.05, 0) is 54.0 Å². The normalized spacial score (nSPS) is 7.50. The number of hydrogen-bond donors (Lipinski definition) is 0. The summed E-state index contributed by atoms with van der Waals surface area (Å²) < 4.78 is 0. The van der Waals surface area contributed by atoms with Gasteiger partial charge in [-0.15, -0.1) is 0 Å². The SMILES string of the molecule is CC.CC.CC.CC.CC(C)C.CC(C)C.CC(C)C.CC(C)C.c1ccncc1.c1ccnnc1.c1cnccn1.c1cncnc1. The van der Waals surface area contributed by atoms with Gasteiger partial charge >= 0.3 is 0 Å². The van der Waals surface area contributed by atoms with Crippen LogP contribution in [0.25, 0.3) is 0 Å². The summed E-state index contributed by atoms with van der Waals surface area (Å²) in [5.74, 6) is 3.33. The molecular formula is C41H81N7. The summed E-state index contributed by atoms with van der Waals surface area (Å²) in [6.45, 7) is 42.0. The fourth-order valence-corrected chi connectivity index (χ4v) is 1.07. The highest BCUT2D eigenvalue weighted by atomic mass is 15.1. The zero-order valence-corrected chi connectivity index (χ0v) is 35.3. The van der Waals surface area contributed by atoms with E-state index in [9.17, 15) is 0 Å². The first-order chi connectivity index (χ1) is 22.9. The molecule has 280 valence electrons. The van der Waals surface area contributed by atoms with Crippen LogP contribution in [-0.2, 0) is 0 Å². The number of aromatic nitrogens is 7. The molecule has 0 atom stereocenters. The number of nitrogens with zero attached hydrogens (tertiary/aromatic N) is 7. The molecule has 0 aromatic carbocycles. The van der Waals surface area contributed by atoms with Crippen LogP contribution in [0.3, 0.4) is 0 Å². The third kappa shape index (κ3) is 175. The van der Waals surface area contributed by atoms with E-state index in [-0.39, 0.29) is 0 Å². The summed E-state index contributed by atoms with van der Waals surface area (Å²) in [5.41, 5.74) is 0. The quantitative estimate of drug-likeness (QED) is 0.184. The molecule has 0 saturated carbocycles. The Kier molecular flexibility index (Phi) is 97.7. The fraction of sp³-hybridized carbons (Fsp3) is 0.585. The summed E-state index contributed by atoms with van der Waals surface area (Å²) in [6, 6.07) is 11.1. The van der Waals surface area contributed by atoms with Crippen LogP contribution in [-0.4, -0.2) is 35.1 Å². The minimum atomic E-state index is 0.833. The van der Waals surface area contributed by atoms with Gasteiger partial charge in [0.05, 0.1) is 0 Å². The van der Waals surface area contributed by atoms with Crippen LogP contribution >= 0.6 is 0 Å². The predicted molar refractivity (Wildman–Crippen MR) is 218 cm³/mol. The molecular weight excluding hydrogens is 591 g/mol. The van der Waals surface area contributed by atoms with Crippen molar-refractivity contribution >= 4 is 0 Å². The number of hydrogen-bond acceptors (Lipinski definition) is 7. The second kappa shape index (κ2) is 74.3. The van der Waals surface area contributed by atoms with Crippen LogP contribution < -0.4 is 0 Å². The molecule has 0 aliphatic carbocycles. The standard InChI is InChI=1S/C5H5N.3C4H4N2.4C4H10.4C2H6/c1-2-4-6-5-3-1;1-2-6-4-3-5-1;1-2-5-4-6-3-1;1-2-4-6-5-3-1;4*1-4(2)3;4*1-2/h1-5H;3*1-4H;4*4H,1-3H3;4*1-2H3. The first-order valence-corrected chi connectivity index (χ1v) is 17.9. The summed E-state index contributed by atoms with van der Waals surface area (Å²) in [4.78, 5) is 18.6. The van der Waals surface area contributed by atoms with Gasteiger partial charge < -0.3 is 0 Å². The first-order valence-electron chi connectivity index (χ1n) is 17.9. The van der Waals surface area contributed by atoms with Crippen LogP contribution in [0.4, 0.5) is 0 Å². The van der Waals surface area contributed by atoms with Crippen molar-refractivity contribution < 1.29 is 0 Å². The lowest BCUT2D eigenvalue weighted by atomic mass is 10.3. The van der Waals surface area contributed by atoms with Crippen molar-refractivity contribution in [3.63, 3.8) is 0 Å². The smallest absolute Gasteiger partial charge is 0.115 e. The second-order valence-electron chi connectivity index (χ2n) is 10.7. The molecule has 0 radical (unpaired) electrons. The van der Waals surface area contributed by atoms with Gasteiger partial charge in [-0.3, -0.25) is 15.0 Å². The van der Waals surface area contributed by atoms with Crippen molar-refractivity contribution in [3.8, 4) is 0 Å². The number of pyridine rings is 1. The fourth-order valence-electron chi connectivity index (χ4n) is 1.07. The van der Waals surface area contributed by atoms with E-state index < -0.39 is 0 Å². The lowest BCUT2D eigenvalue weighted by Crippen LogP contribution is -1.69. The Bertz CT molecular complexity index is 581. The van der Waals surface area contributed by atoms with Gasteiger partial charge in [0, 0.05) is 62.0 Å². The highest BCUT2D eigenvalue weighted by Crippen LogP contribution is 1.82. The summed E-state index contributed by atoms with van der Waals surface area (Å²) in [6.07, 6.45) is 18.2. The molecule has 0 amide bonds. The molecule has 0 aliphatic rings. The summed E-state index contributed by atoms with van der Waals surface area (Å²) >= 11 is 0. The lowest BCUT2D eigenvalue weighted by molar-refractivity contribution is 0.736. The predicted octanol–water partition coefficient (Wildman–Crippen LogP) is 13.3. The Morgan fingerprint density at radius 1 is 0.250 bits per heavy atom. The molecule has 0 N–H and O–H groups in total. The van der Waals surface area contributed by atoms with Crippen molar-refractivity contribution in [1.82, 2.24) is 35.1 Å². The van der Waals surface area contributed by atoms with Gasteiger partial charge in [0.15, 0.2) is 0 Å². The van der Waals surface area contributed by atoms with Crippen LogP contribution in [0.15, 0.2) is 105 Å². The van der Waals surface area contributed by atoms with E-state index >= 15 is 0 Å². The molecule has 4 aromatic rings. The van der Waals surface area contributed by atoms with E-state index in [0.29, 0.717) is 0 Å². The molecule has 4 rings (SSSR count). The van der Waals surface area contributed by atoms with E-state index in [1.165, 1.54) is 6.33 Å². The Morgan fingerprint density at radius 3 is 0.542 bits per heavy atom. The van der Waals surface area contributed by atoms with E-state index in [2.05, 4.69) is 118 Å². The molecule has 4 heterocycles. The Labute approximate surface area is 301 Å². The maximum Gasteiger partial charge on any atom is 0.115 e. The minimum Gasteiger partial charge on any atom is -0.265 e. The van der Waals surface area contributed by atoms with Gasteiger partial charge in [-0.1, -0.05) is 145 Å². The van der Waals surface area contributed by atoms with Crippen molar-refractivity contribution in [2.45, 2.75) is 138 Å². The molecule has 0 fully saturated rings. The van der Waals surface area contributed by atoms with E-state index in [0.717, 1.165) is 23.7 Å². The van der Waals surface area contributed by atoms with E-state index in [4.69, 9.17) is 0 Å². The highest BCUT2D eigenvalue weighted by molar-refractivity contribution is 4.88. The van der Waals surface area contributed by atoms with E-state index in [1.54, 1.807) is 68.0 Å². The average Bonchev–Trinajstić information content (AvgIpc) is 3.11. The summed E-state index contributed by atoms with van der Waals surface area (Å²) in [5, 5.41) is 7.07. The highest BCUT2D eigenvalue weighted by Gasteiger charge is 1.69. The Morgan fingerprint density at radius 2 is 0.458 bits per heavy atom. The maximum absolute atomic E-state index is 3.78. The topological polar surface area (TPSA) is 90.2 Å². The zero-order valence-electron chi connectivity index (χ0n) is 35.3. The third-order valence-corrected chi connectivity index (χ3v) is 2.00. The van der Waals surface area contributed by atoms with Crippen LogP contribution in [0.2, 0.25) is 0 Å². The Hall–Kier alpha value is -3.61. The average molecular weight is 672 g/mol. The molecule has 7 nitrogen and oxygen atoms in total. The lowest BCUT2D eigenvalue weighted by Gasteiger charge is -1.79. The molecule has 0 aliphatic heterocycles.